The molecule has 28 heavy (non-hydrogen) atoms. The number of fused-ring (bicyclic) bond motifs is 1. The first-order valence-corrected chi connectivity index (χ1v) is 10.7. The molecule has 1 aliphatic rings. The van der Waals surface area contributed by atoms with Gasteiger partial charge < -0.3 is 15.5 Å². The van der Waals surface area contributed by atoms with Gasteiger partial charge in [0.05, 0.1) is 12.2 Å². The van der Waals surface area contributed by atoms with Crippen LogP contribution in [-0.2, 0) is 27.4 Å². The third-order valence-corrected chi connectivity index (χ3v) is 6.06. The number of ether oxygens (including phenoxy) is 1. The number of nitrogens with two attached hydrogens (primary N) is 1. The highest BCUT2D eigenvalue weighted by Crippen LogP contribution is 2.40. The second-order valence-electron chi connectivity index (χ2n) is 11.8. The van der Waals surface area contributed by atoms with Gasteiger partial charge in [-0.3, -0.25) is 0 Å². The lowest BCUT2D eigenvalue weighted by Gasteiger charge is -2.26. The predicted octanol–water partition coefficient (Wildman–Crippen LogP) is 5.72. The van der Waals surface area contributed by atoms with Crippen molar-refractivity contribution >= 4 is 10.9 Å². The minimum atomic E-state index is 0.0289. The summed E-state index contributed by atoms with van der Waals surface area (Å²) < 4.78 is 5.69. The molecule has 3 heteroatoms. The van der Waals surface area contributed by atoms with E-state index in [0.717, 1.165) is 6.42 Å². The van der Waals surface area contributed by atoms with E-state index in [9.17, 15) is 0 Å². The van der Waals surface area contributed by atoms with Crippen molar-refractivity contribution in [3.8, 4) is 0 Å². The number of nitrogens with one attached hydrogen (secondary N) is 1. The summed E-state index contributed by atoms with van der Waals surface area (Å²) in [6.45, 7) is 22.7. The fourth-order valence-electron chi connectivity index (χ4n) is 4.23. The Morgan fingerprint density at radius 2 is 1.54 bits per heavy atom. The molecule has 3 atom stereocenters. The van der Waals surface area contributed by atoms with Gasteiger partial charge in [-0.1, -0.05) is 68.4 Å². The SMILES string of the molecule is CC1OC1C(N)Cc1c(C(C)(C)C)[nH]c2c(C(C)(C)C)cc(C(C)(C)C)cc12. The van der Waals surface area contributed by atoms with Gasteiger partial charge in [0, 0.05) is 28.1 Å². The van der Waals surface area contributed by atoms with E-state index < -0.39 is 0 Å². The van der Waals surface area contributed by atoms with Crippen LogP contribution in [0.15, 0.2) is 12.1 Å². The normalized spacial score (nSPS) is 22.0. The summed E-state index contributed by atoms with van der Waals surface area (Å²) in [4.78, 5) is 3.84. The molecule has 1 aliphatic heterocycles. The smallest absolute Gasteiger partial charge is 0.0992 e. The fraction of sp³-hybridized carbons (Fsp3) is 0.680. The summed E-state index contributed by atoms with van der Waals surface area (Å²) in [5.41, 5.74) is 13.5. The van der Waals surface area contributed by atoms with Crippen molar-refractivity contribution in [2.45, 2.75) is 110 Å². The molecule has 0 spiro atoms. The number of epoxide rings is 1. The molecule has 0 aliphatic carbocycles. The summed E-state index contributed by atoms with van der Waals surface area (Å²) in [5.74, 6) is 0. The molecule has 1 aromatic heterocycles. The number of aromatic nitrogens is 1. The summed E-state index contributed by atoms with van der Waals surface area (Å²) >= 11 is 0. The van der Waals surface area contributed by atoms with Gasteiger partial charge in [0.2, 0.25) is 0 Å². The fourth-order valence-corrected chi connectivity index (χ4v) is 4.23. The van der Waals surface area contributed by atoms with Crippen molar-refractivity contribution in [3.05, 3.63) is 34.5 Å². The van der Waals surface area contributed by atoms with Gasteiger partial charge in [-0.05, 0) is 46.9 Å². The van der Waals surface area contributed by atoms with E-state index in [4.69, 9.17) is 10.5 Å². The zero-order valence-corrected chi connectivity index (χ0v) is 19.6. The van der Waals surface area contributed by atoms with E-state index in [2.05, 4.69) is 86.4 Å². The zero-order chi connectivity index (χ0) is 21.2. The van der Waals surface area contributed by atoms with Crippen LogP contribution in [0.1, 0.15) is 91.6 Å². The number of hydrogen-bond donors (Lipinski definition) is 2. The highest BCUT2D eigenvalue weighted by molar-refractivity contribution is 5.89. The standard InChI is InChI=1S/C25H40N2O/c1-14-21(28-14)19(26)13-17-16-11-15(23(2,3)4)12-18(24(5,6)7)20(16)27-22(17)25(8,9)10/h11-12,14,19,21,27H,13,26H2,1-10H3. The highest BCUT2D eigenvalue weighted by Gasteiger charge is 2.40. The molecule has 0 radical (unpaired) electrons. The third-order valence-electron chi connectivity index (χ3n) is 6.06. The van der Waals surface area contributed by atoms with Crippen LogP contribution in [-0.4, -0.2) is 23.2 Å². The molecule has 3 unspecified atom stereocenters. The number of aromatic amines is 1. The maximum Gasteiger partial charge on any atom is 0.0992 e. The lowest BCUT2D eigenvalue weighted by molar-refractivity contribution is 0.352. The summed E-state index contributed by atoms with van der Waals surface area (Å²) in [5, 5.41) is 1.34. The lowest BCUT2D eigenvalue weighted by Crippen LogP contribution is -2.31. The molecular weight excluding hydrogens is 344 g/mol. The molecule has 156 valence electrons. The Labute approximate surface area is 171 Å². The highest BCUT2D eigenvalue weighted by atomic mass is 16.6. The van der Waals surface area contributed by atoms with Crippen LogP contribution in [0.4, 0.5) is 0 Å². The van der Waals surface area contributed by atoms with Gasteiger partial charge >= 0.3 is 0 Å². The lowest BCUT2D eigenvalue weighted by atomic mass is 9.78. The quantitative estimate of drug-likeness (QED) is 0.665. The molecule has 1 saturated heterocycles. The third kappa shape index (κ3) is 4.02. The van der Waals surface area contributed by atoms with E-state index >= 15 is 0 Å². The van der Waals surface area contributed by atoms with Crippen LogP contribution in [0.25, 0.3) is 10.9 Å². The Bertz CT molecular complexity index is 871. The molecule has 2 aromatic rings. The van der Waals surface area contributed by atoms with Crippen LogP contribution >= 0.6 is 0 Å². The summed E-state index contributed by atoms with van der Waals surface area (Å²) in [6.07, 6.45) is 1.32. The molecule has 0 bridgehead atoms. The van der Waals surface area contributed by atoms with E-state index in [-0.39, 0.29) is 34.5 Å². The van der Waals surface area contributed by atoms with Crippen molar-refractivity contribution in [2.75, 3.05) is 0 Å². The molecule has 3 N–H and O–H groups in total. The molecule has 1 fully saturated rings. The van der Waals surface area contributed by atoms with Crippen molar-refractivity contribution in [1.29, 1.82) is 0 Å². The largest absolute Gasteiger partial charge is 0.368 e. The summed E-state index contributed by atoms with van der Waals surface area (Å²) in [6, 6.07) is 4.84. The first kappa shape index (κ1) is 21.4. The first-order valence-electron chi connectivity index (χ1n) is 10.7. The Morgan fingerprint density at radius 3 is 1.96 bits per heavy atom. The predicted molar refractivity (Wildman–Crippen MR) is 120 cm³/mol. The van der Waals surface area contributed by atoms with Gasteiger partial charge in [-0.2, -0.15) is 0 Å². The van der Waals surface area contributed by atoms with Crippen LogP contribution in [0.2, 0.25) is 0 Å². The molecule has 0 amide bonds. The average molecular weight is 385 g/mol. The average Bonchev–Trinajstić information content (AvgIpc) is 3.12. The Hall–Kier alpha value is -1.32. The van der Waals surface area contributed by atoms with Crippen molar-refractivity contribution in [1.82, 2.24) is 4.98 Å². The molecule has 2 heterocycles. The Morgan fingerprint density at radius 1 is 0.964 bits per heavy atom. The van der Waals surface area contributed by atoms with E-state index in [0.29, 0.717) is 0 Å². The maximum atomic E-state index is 6.57. The minimum Gasteiger partial charge on any atom is -0.368 e. The van der Waals surface area contributed by atoms with E-state index in [1.165, 1.54) is 33.3 Å². The topological polar surface area (TPSA) is 54.3 Å². The molecule has 3 rings (SSSR count). The Balaban J connectivity index is 2.28. The maximum absolute atomic E-state index is 6.57. The second-order valence-corrected chi connectivity index (χ2v) is 11.8. The van der Waals surface area contributed by atoms with Crippen molar-refractivity contribution in [3.63, 3.8) is 0 Å². The van der Waals surface area contributed by atoms with Crippen molar-refractivity contribution < 1.29 is 4.74 Å². The molecular formula is C25H40N2O. The molecule has 0 saturated carbocycles. The molecule has 3 nitrogen and oxygen atoms in total. The number of rotatable bonds is 3. The Kier molecular flexibility index (Phi) is 5.04. The van der Waals surface area contributed by atoms with Gasteiger partial charge in [0.25, 0.3) is 0 Å². The van der Waals surface area contributed by atoms with Gasteiger partial charge in [0.15, 0.2) is 0 Å². The van der Waals surface area contributed by atoms with Crippen LogP contribution in [0.5, 0.6) is 0 Å². The minimum absolute atomic E-state index is 0.0289. The zero-order valence-electron chi connectivity index (χ0n) is 19.6. The van der Waals surface area contributed by atoms with E-state index in [1.807, 2.05) is 0 Å². The van der Waals surface area contributed by atoms with Crippen LogP contribution in [0, 0.1) is 0 Å². The van der Waals surface area contributed by atoms with Gasteiger partial charge in [-0.15, -0.1) is 0 Å². The van der Waals surface area contributed by atoms with E-state index in [1.54, 1.807) is 0 Å². The number of hydrogen-bond acceptors (Lipinski definition) is 2. The first-order chi connectivity index (χ1) is 12.6. The van der Waals surface area contributed by atoms with Gasteiger partial charge in [0.1, 0.15) is 0 Å². The van der Waals surface area contributed by atoms with Crippen LogP contribution in [0.3, 0.4) is 0 Å². The van der Waals surface area contributed by atoms with Crippen LogP contribution < -0.4 is 5.73 Å². The summed E-state index contributed by atoms with van der Waals surface area (Å²) in [7, 11) is 0. The number of H-pyrrole nitrogens is 1. The number of benzene rings is 1. The monoisotopic (exact) mass is 384 g/mol. The van der Waals surface area contributed by atoms with Crippen molar-refractivity contribution in [2.24, 2.45) is 5.73 Å². The molecule has 1 aromatic carbocycles. The van der Waals surface area contributed by atoms with Gasteiger partial charge in [-0.25, -0.2) is 0 Å². The second kappa shape index (κ2) is 6.60.